The summed E-state index contributed by atoms with van der Waals surface area (Å²) in [6.45, 7) is 3.64. The lowest BCUT2D eigenvalue weighted by Gasteiger charge is -2.28. The van der Waals surface area contributed by atoms with Crippen LogP contribution in [0.5, 0.6) is 5.75 Å². The lowest BCUT2D eigenvalue weighted by atomic mass is 9.96. The van der Waals surface area contributed by atoms with Gasteiger partial charge in [-0.3, -0.25) is 14.4 Å². The molecule has 11 heteroatoms. The Morgan fingerprint density at radius 3 is 2.00 bits per heavy atom. The second kappa shape index (κ2) is 16.5. The van der Waals surface area contributed by atoms with E-state index in [2.05, 4.69) is 16.0 Å². The van der Waals surface area contributed by atoms with Gasteiger partial charge in [0, 0.05) is 12.8 Å². The van der Waals surface area contributed by atoms with Crippen LogP contribution in [0.2, 0.25) is 0 Å². The fourth-order valence-corrected chi connectivity index (χ4v) is 4.49. The molecule has 0 spiro atoms. The van der Waals surface area contributed by atoms with Gasteiger partial charge < -0.3 is 31.9 Å². The third kappa shape index (κ3) is 10.5. The number of nitrogens with two attached hydrogens (primary N) is 1. The minimum absolute atomic E-state index is 0.0108. The first-order chi connectivity index (χ1) is 19.0. The van der Waals surface area contributed by atoms with Gasteiger partial charge in [-0.25, -0.2) is 4.79 Å². The van der Waals surface area contributed by atoms with Gasteiger partial charge in [-0.05, 0) is 47.6 Å². The van der Waals surface area contributed by atoms with Crippen molar-refractivity contribution in [3.05, 3.63) is 65.7 Å². The van der Waals surface area contributed by atoms with Crippen molar-refractivity contribution >= 4 is 35.5 Å². The van der Waals surface area contributed by atoms with Gasteiger partial charge in [-0.1, -0.05) is 62.7 Å². The molecule has 0 saturated heterocycles. The van der Waals surface area contributed by atoms with Crippen LogP contribution in [0, 0.1) is 5.92 Å². The van der Waals surface area contributed by atoms with Crippen molar-refractivity contribution in [2.45, 2.75) is 63.7 Å². The molecule has 0 saturated carbocycles. The van der Waals surface area contributed by atoms with Crippen molar-refractivity contribution < 1.29 is 29.4 Å². The van der Waals surface area contributed by atoms with Crippen LogP contribution >= 0.6 is 11.8 Å². The first-order valence-electron chi connectivity index (χ1n) is 13.3. The van der Waals surface area contributed by atoms with Gasteiger partial charge >= 0.3 is 5.97 Å². The molecule has 0 heterocycles. The average Bonchev–Trinajstić information content (AvgIpc) is 2.94. The quantitative estimate of drug-likeness (QED) is 0.177. The maximum Gasteiger partial charge on any atom is 0.326 e. The number of rotatable bonds is 16. The van der Waals surface area contributed by atoms with Crippen LogP contribution in [0.1, 0.15) is 37.8 Å². The number of benzene rings is 2. The number of hydrogen-bond acceptors (Lipinski definition) is 7. The summed E-state index contributed by atoms with van der Waals surface area (Å²) < 4.78 is 0. The minimum atomic E-state index is -1.25. The highest BCUT2D eigenvalue weighted by Gasteiger charge is 2.33. The highest BCUT2D eigenvalue weighted by atomic mass is 32.2. The van der Waals surface area contributed by atoms with Crippen molar-refractivity contribution in [2.75, 3.05) is 12.0 Å². The number of phenolic OH excluding ortho intramolecular Hbond substituents is 1. The van der Waals surface area contributed by atoms with E-state index < -0.39 is 47.9 Å². The summed E-state index contributed by atoms with van der Waals surface area (Å²) in [5.41, 5.74) is 7.45. The summed E-state index contributed by atoms with van der Waals surface area (Å²) >= 11 is 1.56. The molecule has 0 radical (unpaired) electrons. The monoisotopic (exact) mass is 572 g/mol. The third-order valence-electron chi connectivity index (χ3n) is 6.67. The number of aromatic hydroxyl groups is 1. The largest absolute Gasteiger partial charge is 0.508 e. The molecule has 0 aliphatic carbocycles. The average molecular weight is 573 g/mol. The second-order valence-electron chi connectivity index (χ2n) is 9.78. The Labute approximate surface area is 239 Å². The van der Waals surface area contributed by atoms with E-state index in [0.29, 0.717) is 24.2 Å². The minimum Gasteiger partial charge on any atom is -0.508 e. The number of carboxylic acid groups (broad SMARTS) is 1. The van der Waals surface area contributed by atoms with E-state index in [4.69, 9.17) is 5.73 Å². The van der Waals surface area contributed by atoms with Crippen LogP contribution in [0.15, 0.2) is 54.6 Å². The first kappa shape index (κ1) is 32.6. The number of aliphatic carboxylic acids is 1. The van der Waals surface area contributed by atoms with Gasteiger partial charge in [-0.2, -0.15) is 11.8 Å². The molecule has 0 fully saturated rings. The van der Waals surface area contributed by atoms with Crippen molar-refractivity contribution in [2.24, 2.45) is 11.7 Å². The van der Waals surface area contributed by atoms with E-state index in [-0.39, 0.29) is 24.5 Å². The molecular weight excluding hydrogens is 532 g/mol. The Hall–Kier alpha value is -3.57. The summed E-state index contributed by atoms with van der Waals surface area (Å²) in [6, 6.07) is 11.1. The molecular formula is C29H40N4O6S. The van der Waals surface area contributed by atoms with Crippen LogP contribution in [0.4, 0.5) is 0 Å². The molecule has 10 nitrogen and oxygen atoms in total. The van der Waals surface area contributed by atoms with Crippen molar-refractivity contribution in [3.63, 3.8) is 0 Å². The molecule has 3 amide bonds. The number of phenols is 1. The molecule has 0 aromatic heterocycles. The Balaban J connectivity index is 2.22. The zero-order valence-electron chi connectivity index (χ0n) is 23.1. The molecule has 5 unspecified atom stereocenters. The van der Waals surface area contributed by atoms with Gasteiger partial charge in [0.05, 0.1) is 6.04 Å². The summed E-state index contributed by atoms with van der Waals surface area (Å²) in [7, 11) is 0. The maximum absolute atomic E-state index is 13.5. The lowest BCUT2D eigenvalue weighted by Crippen LogP contribution is -2.59. The molecule has 2 rings (SSSR count). The van der Waals surface area contributed by atoms with Gasteiger partial charge in [0.1, 0.15) is 23.9 Å². The van der Waals surface area contributed by atoms with Crippen LogP contribution < -0.4 is 21.7 Å². The van der Waals surface area contributed by atoms with E-state index in [1.165, 1.54) is 12.1 Å². The first-order valence-corrected chi connectivity index (χ1v) is 14.6. The molecule has 0 bridgehead atoms. The van der Waals surface area contributed by atoms with Crippen molar-refractivity contribution in [1.29, 1.82) is 0 Å². The highest BCUT2D eigenvalue weighted by molar-refractivity contribution is 7.98. The number of carboxylic acids is 1. The van der Waals surface area contributed by atoms with E-state index in [0.717, 1.165) is 5.56 Å². The smallest absolute Gasteiger partial charge is 0.326 e. The number of thioether (sulfide) groups is 1. The van der Waals surface area contributed by atoms with Gasteiger partial charge in [0.2, 0.25) is 17.7 Å². The molecule has 40 heavy (non-hydrogen) atoms. The van der Waals surface area contributed by atoms with Gasteiger partial charge in [0.15, 0.2) is 0 Å². The fraction of sp³-hybridized carbons (Fsp3) is 0.448. The third-order valence-corrected chi connectivity index (χ3v) is 7.31. The number of hydrogen-bond donors (Lipinski definition) is 6. The molecule has 2 aromatic rings. The Morgan fingerprint density at radius 1 is 0.850 bits per heavy atom. The Kier molecular flexibility index (Phi) is 13.5. The topological polar surface area (TPSA) is 171 Å². The van der Waals surface area contributed by atoms with Crippen LogP contribution in [-0.4, -0.2) is 70.1 Å². The zero-order valence-corrected chi connectivity index (χ0v) is 23.9. The molecule has 218 valence electrons. The van der Waals surface area contributed by atoms with Crippen LogP contribution in [-0.2, 0) is 32.0 Å². The molecule has 0 aliphatic heterocycles. The van der Waals surface area contributed by atoms with E-state index in [1.54, 1.807) is 30.8 Å². The summed E-state index contributed by atoms with van der Waals surface area (Å²) in [4.78, 5) is 51.6. The number of carbonyl (C=O) groups excluding carboxylic acids is 3. The summed E-state index contributed by atoms with van der Waals surface area (Å²) in [6.07, 6.45) is 3.06. The predicted octanol–water partition coefficient (Wildman–Crippen LogP) is 1.84. The SMILES string of the molecule is CCC(C)C(NC(=O)C(Cc1ccccc1)NC(=O)C(N)CCSC)C(=O)NC(Cc1ccc(O)cc1)C(=O)O. The van der Waals surface area contributed by atoms with E-state index in [9.17, 15) is 29.4 Å². The number of nitrogens with one attached hydrogen (secondary N) is 3. The normalized spacial score (nSPS) is 14.7. The predicted molar refractivity (Wildman–Crippen MR) is 156 cm³/mol. The maximum atomic E-state index is 13.5. The Bertz CT molecular complexity index is 1120. The molecule has 5 atom stereocenters. The fourth-order valence-electron chi connectivity index (χ4n) is 4.00. The lowest BCUT2D eigenvalue weighted by molar-refractivity contribution is -0.142. The number of carbonyl (C=O) groups is 4. The molecule has 7 N–H and O–H groups in total. The summed E-state index contributed by atoms with van der Waals surface area (Å²) in [5.74, 6) is -2.51. The van der Waals surface area contributed by atoms with Crippen molar-refractivity contribution in [3.8, 4) is 5.75 Å². The van der Waals surface area contributed by atoms with Crippen LogP contribution in [0.25, 0.3) is 0 Å². The highest BCUT2D eigenvalue weighted by Crippen LogP contribution is 2.14. The van der Waals surface area contributed by atoms with Crippen molar-refractivity contribution in [1.82, 2.24) is 16.0 Å². The van der Waals surface area contributed by atoms with E-state index >= 15 is 0 Å². The zero-order chi connectivity index (χ0) is 29.7. The Morgan fingerprint density at radius 2 is 1.43 bits per heavy atom. The van der Waals surface area contributed by atoms with Crippen LogP contribution in [0.3, 0.4) is 0 Å². The number of amides is 3. The molecule has 0 aliphatic rings. The summed E-state index contributed by atoms with van der Waals surface area (Å²) in [5, 5.41) is 27.3. The standard InChI is InChI=1S/C29H40N4O6S/c1-4-18(2)25(28(37)32-24(29(38)39)17-20-10-12-21(34)13-11-20)33-27(36)23(16-19-8-6-5-7-9-19)31-26(35)22(30)14-15-40-3/h5-13,18,22-25,34H,4,14-17,30H2,1-3H3,(H,31,35)(H,32,37)(H,33,36)(H,38,39). The van der Waals surface area contributed by atoms with E-state index in [1.807, 2.05) is 43.5 Å². The molecule has 2 aromatic carbocycles. The van der Waals surface area contributed by atoms with Gasteiger partial charge in [-0.15, -0.1) is 0 Å². The van der Waals surface area contributed by atoms with Gasteiger partial charge in [0.25, 0.3) is 0 Å². The second-order valence-corrected chi connectivity index (χ2v) is 10.8.